The number of hydrazone groups is 1. The molecular weight excluding hydrogens is 480 g/mol. The highest BCUT2D eigenvalue weighted by Gasteiger charge is 2.28. The van der Waals surface area contributed by atoms with Crippen LogP contribution >= 0.6 is 0 Å². The highest BCUT2D eigenvalue weighted by molar-refractivity contribution is 5.91. The minimum atomic E-state index is -0.811. The van der Waals surface area contributed by atoms with Gasteiger partial charge in [0.1, 0.15) is 12.4 Å². The number of nitrogens with zero attached hydrogens (tertiary/aromatic N) is 1. The average Bonchev–Trinajstić information content (AvgIpc) is 2.88. The Balaban J connectivity index is 1.30. The Hall–Kier alpha value is -4.13. The van der Waals surface area contributed by atoms with Crippen LogP contribution in [-0.4, -0.2) is 30.8 Å². The summed E-state index contributed by atoms with van der Waals surface area (Å²) in [4.78, 5) is 25.1. The fourth-order valence-electron chi connectivity index (χ4n) is 3.80. The molecule has 0 saturated carbocycles. The molecular formula is C31H34N2O5. The summed E-state index contributed by atoms with van der Waals surface area (Å²) in [6, 6.07) is 20.0. The van der Waals surface area contributed by atoms with Crippen molar-refractivity contribution in [3.05, 3.63) is 89.0 Å². The summed E-state index contributed by atoms with van der Waals surface area (Å²) in [7, 11) is 0. The minimum Gasteiger partial charge on any atom is -0.485 e. The third-order valence-electron chi connectivity index (χ3n) is 6.23. The Morgan fingerprint density at radius 1 is 0.868 bits per heavy atom. The average molecular weight is 515 g/mol. The molecule has 0 bridgehead atoms. The first-order chi connectivity index (χ1) is 17.9. The number of carbonyl (C=O) groups excluding carboxylic acids is 2. The fourth-order valence-corrected chi connectivity index (χ4v) is 3.80. The highest BCUT2D eigenvalue weighted by Crippen LogP contribution is 2.36. The van der Waals surface area contributed by atoms with Crippen LogP contribution in [-0.2, 0) is 15.6 Å². The van der Waals surface area contributed by atoms with Gasteiger partial charge in [-0.15, -0.1) is 0 Å². The van der Waals surface area contributed by atoms with Crippen LogP contribution in [0.25, 0.3) is 0 Å². The lowest BCUT2D eigenvalue weighted by molar-refractivity contribution is -0.130. The van der Waals surface area contributed by atoms with Gasteiger partial charge in [0.05, 0.1) is 11.8 Å². The first kappa shape index (κ1) is 26.9. The number of nitrogens with one attached hydrogen (secondary N) is 1. The third-order valence-corrected chi connectivity index (χ3v) is 6.23. The molecule has 0 fully saturated rings. The van der Waals surface area contributed by atoms with Crippen LogP contribution in [0.4, 0.5) is 0 Å². The number of fused-ring (bicyclic) bond motifs is 1. The summed E-state index contributed by atoms with van der Waals surface area (Å²) in [5.74, 6) is 0.745. The van der Waals surface area contributed by atoms with E-state index >= 15 is 0 Å². The van der Waals surface area contributed by atoms with Crippen LogP contribution < -0.4 is 19.6 Å². The number of esters is 1. The lowest BCUT2D eigenvalue weighted by atomic mass is 9.87. The molecule has 1 heterocycles. The Kier molecular flexibility index (Phi) is 7.58. The second-order valence-corrected chi connectivity index (χ2v) is 11.3. The zero-order chi connectivity index (χ0) is 27.5. The maximum absolute atomic E-state index is 12.6. The Morgan fingerprint density at radius 3 is 2.13 bits per heavy atom. The predicted molar refractivity (Wildman–Crippen MR) is 147 cm³/mol. The largest absolute Gasteiger partial charge is 0.485 e. The normalized spacial score (nSPS) is 15.3. The molecule has 0 saturated heterocycles. The second kappa shape index (κ2) is 10.7. The van der Waals surface area contributed by atoms with E-state index in [9.17, 15) is 9.59 Å². The van der Waals surface area contributed by atoms with Gasteiger partial charge in [0.15, 0.2) is 11.5 Å². The molecule has 1 aliphatic rings. The summed E-state index contributed by atoms with van der Waals surface area (Å²) in [6.45, 7) is 12.8. The minimum absolute atomic E-state index is 0.0120. The zero-order valence-electron chi connectivity index (χ0n) is 22.7. The fraction of sp³-hybridized carbons (Fsp3) is 0.323. The van der Waals surface area contributed by atoms with Crippen molar-refractivity contribution in [3.63, 3.8) is 0 Å². The SMILES string of the molecule is CC(C)(C)c1ccc(C(=O)Oc2ccc(/C=N/NC(=O)C3COc4ccc(C(C)(C)C)cc4O3)cc2)cc1. The van der Waals surface area contributed by atoms with Gasteiger partial charge >= 0.3 is 5.97 Å². The molecule has 0 radical (unpaired) electrons. The molecule has 1 atom stereocenters. The van der Waals surface area contributed by atoms with E-state index in [0.29, 0.717) is 22.8 Å². The van der Waals surface area contributed by atoms with Gasteiger partial charge in [-0.05, 0) is 76.1 Å². The van der Waals surface area contributed by atoms with Crippen molar-refractivity contribution in [2.24, 2.45) is 5.10 Å². The van der Waals surface area contributed by atoms with Crippen LogP contribution in [0.2, 0.25) is 0 Å². The molecule has 4 rings (SSSR count). The van der Waals surface area contributed by atoms with Crippen molar-refractivity contribution in [3.8, 4) is 17.2 Å². The van der Waals surface area contributed by atoms with Crippen molar-refractivity contribution in [1.82, 2.24) is 5.43 Å². The Bertz CT molecular complexity index is 1330. The van der Waals surface area contributed by atoms with E-state index in [1.807, 2.05) is 30.3 Å². The topological polar surface area (TPSA) is 86.2 Å². The van der Waals surface area contributed by atoms with Crippen molar-refractivity contribution in [1.29, 1.82) is 0 Å². The van der Waals surface area contributed by atoms with Crippen LogP contribution in [0, 0.1) is 0 Å². The summed E-state index contributed by atoms with van der Waals surface area (Å²) >= 11 is 0. The van der Waals surface area contributed by atoms with Gasteiger partial charge in [0, 0.05) is 0 Å². The van der Waals surface area contributed by atoms with E-state index in [0.717, 1.165) is 16.7 Å². The van der Waals surface area contributed by atoms with Crippen LogP contribution in [0.5, 0.6) is 17.2 Å². The molecule has 1 amide bonds. The van der Waals surface area contributed by atoms with Crippen molar-refractivity contribution < 1.29 is 23.8 Å². The molecule has 3 aromatic carbocycles. The molecule has 198 valence electrons. The quantitative estimate of drug-likeness (QED) is 0.202. The first-order valence-electron chi connectivity index (χ1n) is 12.6. The van der Waals surface area contributed by atoms with E-state index in [-0.39, 0.29) is 17.4 Å². The monoisotopic (exact) mass is 514 g/mol. The Morgan fingerprint density at radius 2 is 1.50 bits per heavy atom. The van der Waals surface area contributed by atoms with E-state index in [4.69, 9.17) is 14.2 Å². The number of amides is 1. The van der Waals surface area contributed by atoms with Crippen LogP contribution in [0.1, 0.15) is 68.6 Å². The summed E-state index contributed by atoms with van der Waals surface area (Å²) < 4.78 is 17.1. The zero-order valence-corrected chi connectivity index (χ0v) is 22.7. The first-order valence-corrected chi connectivity index (χ1v) is 12.6. The van der Waals surface area contributed by atoms with Crippen LogP contribution in [0.15, 0.2) is 71.8 Å². The molecule has 38 heavy (non-hydrogen) atoms. The maximum atomic E-state index is 12.6. The standard InChI is InChI=1S/C31H34N2O5/c1-30(2,3)22-11-9-21(10-12-22)29(35)37-24-14-7-20(8-15-24)18-32-33-28(34)27-19-36-25-16-13-23(31(4,5)6)17-26(25)38-27/h7-18,27H,19H2,1-6H3,(H,33,34)/b32-18+. The summed E-state index contributed by atoms with van der Waals surface area (Å²) in [5.41, 5.74) is 5.90. The van der Waals surface area contributed by atoms with Gasteiger partial charge in [-0.1, -0.05) is 59.7 Å². The number of rotatable bonds is 5. The van der Waals surface area contributed by atoms with E-state index in [1.165, 1.54) is 6.21 Å². The van der Waals surface area contributed by atoms with Crippen molar-refractivity contribution in [2.75, 3.05) is 6.61 Å². The number of benzene rings is 3. The highest BCUT2D eigenvalue weighted by atomic mass is 16.6. The van der Waals surface area contributed by atoms with E-state index < -0.39 is 18.0 Å². The molecule has 1 unspecified atom stereocenters. The number of hydrogen-bond acceptors (Lipinski definition) is 6. The molecule has 3 aromatic rings. The van der Waals surface area contributed by atoms with Gasteiger partial charge in [0.25, 0.3) is 5.91 Å². The molecule has 7 nitrogen and oxygen atoms in total. The number of ether oxygens (including phenoxy) is 3. The van der Waals surface area contributed by atoms with Gasteiger partial charge in [-0.25, -0.2) is 10.2 Å². The molecule has 1 aliphatic heterocycles. The lowest BCUT2D eigenvalue weighted by Gasteiger charge is -2.27. The van der Waals surface area contributed by atoms with Gasteiger partial charge in [0.2, 0.25) is 6.10 Å². The van der Waals surface area contributed by atoms with Crippen molar-refractivity contribution in [2.45, 2.75) is 58.5 Å². The molecule has 1 N–H and O–H groups in total. The van der Waals surface area contributed by atoms with E-state index in [1.54, 1.807) is 36.4 Å². The number of hydrogen-bond donors (Lipinski definition) is 1. The Labute approximate surface area is 223 Å². The molecule has 0 spiro atoms. The van der Waals surface area contributed by atoms with Gasteiger partial charge < -0.3 is 14.2 Å². The summed E-state index contributed by atoms with van der Waals surface area (Å²) in [5, 5.41) is 4.03. The number of carbonyl (C=O) groups is 2. The smallest absolute Gasteiger partial charge is 0.343 e. The maximum Gasteiger partial charge on any atom is 0.343 e. The van der Waals surface area contributed by atoms with Crippen LogP contribution in [0.3, 0.4) is 0 Å². The molecule has 7 heteroatoms. The summed E-state index contributed by atoms with van der Waals surface area (Å²) in [6.07, 6.45) is 0.693. The predicted octanol–water partition coefficient (Wildman–Crippen LogP) is 5.79. The second-order valence-electron chi connectivity index (χ2n) is 11.3. The van der Waals surface area contributed by atoms with E-state index in [2.05, 4.69) is 52.1 Å². The lowest BCUT2D eigenvalue weighted by Crippen LogP contribution is -2.42. The van der Waals surface area contributed by atoms with Gasteiger partial charge in [-0.2, -0.15) is 5.10 Å². The van der Waals surface area contributed by atoms with Crippen molar-refractivity contribution >= 4 is 18.1 Å². The molecule has 0 aliphatic carbocycles. The third kappa shape index (κ3) is 6.59. The van der Waals surface area contributed by atoms with Gasteiger partial charge in [-0.3, -0.25) is 4.79 Å². The molecule has 0 aromatic heterocycles.